The highest BCUT2D eigenvalue weighted by atomic mass is 14.6. The first-order valence-corrected chi connectivity index (χ1v) is 5.14. The lowest BCUT2D eigenvalue weighted by molar-refractivity contribution is -0.0762. The molecule has 0 aromatic heterocycles. The normalized spacial score (nSPS) is 34.9. The van der Waals surface area contributed by atoms with Crippen molar-refractivity contribution in [1.82, 2.24) is 0 Å². The van der Waals surface area contributed by atoms with Crippen LogP contribution >= 0.6 is 0 Å². The molecular weight excluding hydrogens is 132 g/mol. The van der Waals surface area contributed by atoms with Crippen molar-refractivity contribution < 1.29 is 0 Å². The van der Waals surface area contributed by atoms with Crippen LogP contribution in [0.15, 0.2) is 0 Å². The third kappa shape index (κ3) is 1.02. The molecule has 1 saturated carbocycles. The molecule has 0 saturated heterocycles. The molecular formula is C11H22. The summed E-state index contributed by atoms with van der Waals surface area (Å²) in [5.74, 6) is 0. The number of rotatable bonds is 3. The van der Waals surface area contributed by atoms with Crippen molar-refractivity contribution in [2.24, 2.45) is 10.8 Å². The summed E-state index contributed by atoms with van der Waals surface area (Å²) in [5.41, 5.74) is 1.39. The second kappa shape index (κ2) is 2.80. The topological polar surface area (TPSA) is 0 Å². The van der Waals surface area contributed by atoms with Gasteiger partial charge < -0.3 is 0 Å². The Bertz CT molecular complexity index is 123. The van der Waals surface area contributed by atoms with E-state index in [1.54, 1.807) is 0 Å². The van der Waals surface area contributed by atoms with Gasteiger partial charge in [-0.05, 0) is 36.5 Å². The highest BCUT2D eigenvalue weighted by Gasteiger charge is 2.51. The molecule has 0 heterocycles. The van der Waals surface area contributed by atoms with Gasteiger partial charge in [0.05, 0.1) is 0 Å². The number of hydrogen-bond acceptors (Lipinski definition) is 0. The van der Waals surface area contributed by atoms with Crippen LogP contribution in [0.5, 0.6) is 0 Å². The van der Waals surface area contributed by atoms with Crippen LogP contribution in [-0.4, -0.2) is 0 Å². The first-order chi connectivity index (χ1) is 5.14. The monoisotopic (exact) mass is 154 g/mol. The maximum Gasteiger partial charge on any atom is -0.0249 e. The summed E-state index contributed by atoms with van der Waals surface area (Å²) in [4.78, 5) is 0. The molecule has 0 heteroatoms. The average molecular weight is 154 g/mol. The van der Waals surface area contributed by atoms with Gasteiger partial charge in [-0.3, -0.25) is 0 Å². The second-order valence-corrected chi connectivity index (χ2v) is 4.40. The van der Waals surface area contributed by atoms with Gasteiger partial charge >= 0.3 is 0 Å². The SMILES string of the molecule is CCC1(C)CCC1(CC)CC. The molecule has 11 heavy (non-hydrogen) atoms. The molecule has 0 radical (unpaired) electrons. The third-order valence-electron chi connectivity index (χ3n) is 4.57. The molecule has 0 aromatic rings. The van der Waals surface area contributed by atoms with E-state index in [-0.39, 0.29) is 0 Å². The van der Waals surface area contributed by atoms with E-state index >= 15 is 0 Å². The van der Waals surface area contributed by atoms with Crippen molar-refractivity contribution in [1.29, 1.82) is 0 Å². The molecule has 0 amide bonds. The highest BCUT2D eigenvalue weighted by Crippen LogP contribution is 2.62. The third-order valence-corrected chi connectivity index (χ3v) is 4.57. The lowest BCUT2D eigenvalue weighted by Crippen LogP contribution is -2.48. The Morgan fingerprint density at radius 2 is 1.45 bits per heavy atom. The van der Waals surface area contributed by atoms with Crippen molar-refractivity contribution in [3.05, 3.63) is 0 Å². The van der Waals surface area contributed by atoms with Crippen LogP contribution in [0.4, 0.5) is 0 Å². The predicted octanol–water partition coefficient (Wildman–Crippen LogP) is 4.00. The van der Waals surface area contributed by atoms with Crippen molar-refractivity contribution >= 4 is 0 Å². The fourth-order valence-electron chi connectivity index (χ4n) is 2.91. The van der Waals surface area contributed by atoms with Crippen molar-refractivity contribution in [3.63, 3.8) is 0 Å². The van der Waals surface area contributed by atoms with Gasteiger partial charge in [-0.15, -0.1) is 0 Å². The van der Waals surface area contributed by atoms with Gasteiger partial charge in [-0.1, -0.05) is 34.1 Å². The van der Waals surface area contributed by atoms with E-state index in [4.69, 9.17) is 0 Å². The smallest absolute Gasteiger partial charge is 0.0249 e. The minimum absolute atomic E-state index is 0.677. The van der Waals surface area contributed by atoms with Gasteiger partial charge in [0.2, 0.25) is 0 Å². The lowest BCUT2D eigenvalue weighted by Gasteiger charge is -2.58. The maximum absolute atomic E-state index is 2.48. The van der Waals surface area contributed by atoms with Gasteiger partial charge in [-0.25, -0.2) is 0 Å². The Labute approximate surface area is 71.4 Å². The van der Waals surface area contributed by atoms with Crippen molar-refractivity contribution in [3.8, 4) is 0 Å². The fraction of sp³-hybridized carbons (Fsp3) is 1.00. The fourth-order valence-corrected chi connectivity index (χ4v) is 2.91. The minimum atomic E-state index is 0.677. The van der Waals surface area contributed by atoms with E-state index in [0.29, 0.717) is 10.8 Å². The summed E-state index contributed by atoms with van der Waals surface area (Å²) < 4.78 is 0. The Morgan fingerprint density at radius 3 is 1.55 bits per heavy atom. The Hall–Kier alpha value is 0. The van der Waals surface area contributed by atoms with Crippen LogP contribution in [0.2, 0.25) is 0 Å². The second-order valence-electron chi connectivity index (χ2n) is 4.40. The quantitative estimate of drug-likeness (QED) is 0.576. The molecule has 0 aliphatic heterocycles. The maximum atomic E-state index is 2.48. The van der Waals surface area contributed by atoms with Crippen LogP contribution in [0.25, 0.3) is 0 Å². The average Bonchev–Trinajstić information content (AvgIpc) is 2.04. The van der Waals surface area contributed by atoms with Crippen molar-refractivity contribution in [2.75, 3.05) is 0 Å². The van der Waals surface area contributed by atoms with Gasteiger partial charge in [0, 0.05) is 0 Å². The lowest BCUT2D eigenvalue weighted by atomic mass is 9.47. The molecule has 66 valence electrons. The Kier molecular flexibility index (Phi) is 2.32. The summed E-state index contributed by atoms with van der Waals surface area (Å²) in [6, 6.07) is 0. The molecule has 1 fully saturated rings. The molecule has 1 rings (SSSR count). The van der Waals surface area contributed by atoms with Crippen LogP contribution in [0, 0.1) is 10.8 Å². The van der Waals surface area contributed by atoms with Crippen molar-refractivity contribution in [2.45, 2.75) is 59.8 Å². The summed E-state index contributed by atoms with van der Waals surface area (Å²) >= 11 is 0. The molecule has 0 N–H and O–H groups in total. The van der Waals surface area contributed by atoms with E-state index in [2.05, 4.69) is 27.7 Å². The van der Waals surface area contributed by atoms with Crippen LogP contribution in [0.1, 0.15) is 59.8 Å². The molecule has 1 aliphatic carbocycles. The first kappa shape index (κ1) is 9.09. The van der Waals surface area contributed by atoms with Crippen LogP contribution < -0.4 is 0 Å². The molecule has 1 atom stereocenters. The van der Waals surface area contributed by atoms with Gasteiger partial charge in [0.15, 0.2) is 0 Å². The van der Waals surface area contributed by atoms with Gasteiger partial charge in [-0.2, -0.15) is 0 Å². The minimum Gasteiger partial charge on any atom is -0.0648 e. The molecule has 1 unspecified atom stereocenters. The van der Waals surface area contributed by atoms with Crippen LogP contribution in [-0.2, 0) is 0 Å². The molecule has 0 aromatic carbocycles. The first-order valence-electron chi connectivity index (χ1n) is 5.14. The molecule has 0 bridgehead atoms. The Morgan fingerprint density at radius 1 is 0.909 bits per heavy atom. The van der Waals surface area contributed by atoms with Gasteiger partial charge in [0.25, 0.3) is 0 Å². The molecule has 0 spiro atoms. The van der Waals surface area contributed by atoms with E-state index < -0.39 is 0 Å². The van der Waals surface area contributed by atoms with E-state index in [1.165, 1.54) is 32.1 Å². The number of hydrogen-bond donors (Lipinski definition) is 0. The Balaban J connectivity index is 2.70. The zero-order valence-corrected chi connectivity index (χ0v) is 8.54. The van der Waals surface area contributed by atoms with E-state index in [0.717, 1.165) is 0 Å². The summed E-state index contributed by atoms with van der Waals surface area (Å²) in [5, 5.41) is 0. The predicted molar refractivity (Wildman–Crippen MR) is 50.6 cm³/mol. The zero-order valence-electron chi connectivity index (χ0n) is 8.54. The van der Waals surface area contributed by atoms with Gasteiger partial charge in [0.1, 0.15) is 0 Å². The highest BCUT2D eigenvalue weighted by molar-refractivity contribution is 5.01. The largest absolute Gasteiger partial charge is 0.0648 e. The molecule has 0 nitrogen and oxygen atoms in total. The van der Waals surface area contributed by atoms with E-state index in [9.17, 15) is 0 Å². The summed E-state index contributed by atoms with van der Waals surface area (Å²) in [7, 11) is 0. The van der Waals surface area contributed by atoms with Crippen LogP contribution in [0.3, 0.4) is 0 Å². The summed E-state index contributed by atoms with van der Waals surface area (Å²) in [6.45, 7) is 9.54. The standard InChI is InChI=1S/C11H22/c1-5-10(4)8-9-11(10,6-2)7-3/h5-9H2,1-4H3. The zero-order chi connectivity index (χ0) is 8.54. The summed E-state index contributed by atoms with van der Waals surface area (Å²) in [6.07, 6.45) is 7.08. The van der Waals surface area contributed by atoms with E-state index in [1.807, 2.05) is 0 Å². The molecule has 1 aliphatic rings.